The van der Waals surface area contributed by atoms with Gasteiger partial charge >= 0.3 is 0 Å². The van der Waals surface area contributed by atoms with Gasteiger partial charge in [-0.15, -0.1) is 0 Å². The molecule has 24 heavy (non-hydrogen) atoms. The number of nitrogens with zero attached hydrogens (tertiary/aromatic N) is 3. The second kappa shape index (κ2) is 6.53. The topological polar surface area (TPSA) is 66.5 Å². The Morgan fingerprint density at radius 2 is 1.83 bits per heavy atom. The van der Waals surface area contributed by atoms with Crippen molar-refractivity contribution < 1.29 is 0 Å². The molecule has 0 saturated carbocycles. The Balaban J connectivity index is 1.84. The van der Waals surface area contributed by atoms with E-state index in [0.29, 0.717) is 5.92 Å². The fourth-order valence-electron chi connectivity index (χ4n) is 3.38. The van der Waals surface area contributed by atoms with Crippen LogP contribution in [0.5, 0.6) is 0 Å². The zero-order valence-electron chi connectivity index (χ0n) is 13.8. The van der Waals surface area contributed by atoms with Crippen LogP contribution >= 0.6 is 0 Å². The van der Waals surface area contributed by atoms with Crippen molar-refractivity contribution in [3.63, 3.8) is 0 Å². The van der Waals surface area contributed by atoms with E-state index in [2.05, 4.69) is 56.7 Å². The van der Waals surface area contributed by atoms with Crippen LogP contribution in [0, 0.1) is 6.92 Å². The number of aryl methyl sites for hydroxylation is 1. The van der Waals surface area contributed by atoms with Crippen LogP contribution in [0.4, 0.5) is 0 Å². The summed E-state index contributed by atoms with van der Waals surface area (Å²) in [5, 5.41) is 11.4. The van der Waals surface area contributed by atoms with E-state index >= 15 is 0 Å². The highest BCUT2D eigenvalue weighted by Gasteiger charge is 2.25. The minimum Gasteiger partial charge on any atom is -0.317 e. The molecule has 1 aliphatic rings. The molecule has 0 amide bonds. The van der Waals surface area contributed by atoms with Gasteiger partial charge in [0.2, 0.25) is 0 Å². The zero-order chi connectivity index (χ0) is 16.4. The van der Waals surface area contributed by atoms with Gasteiger partial charge in [0.05, 0.1) is 5.69 Å². The number of hydrogen-bond acceptors (Lipinski definition) is 4. The van der Waals surface area contributed by atoms with Gasteiger partial charge in [0.15, 0.2) is 0 Å². The van der Waals surface area contributed by atoms with Gasteiger partial charge < -0.3 is 5.32 Å². The van der Waals surface area contributed by atoms with E-state index in [4.69, 9.17) is 0 Å². The average Bonchev–Trinajstić information content (AvgIpc) is 3.09. The van der Waals surface area contributed by atoms with E-state index in [1.54, 1.807) is 12.5 Å². The van der Waals surface area contributed by atoms with Crippen LogP contribution < -0.4 is 5.32 Å². The Hall–Kier alpha value is -2.53. The number of aromatic nitrogens is 4. The predicted molar refractivity (Wildman–Crippen MR) is 94.6 cm³/mol. The zero-order valence-corrected chi connectivity index (χ0v) is 13.8. The third kappa shape index (κ3) is 2.83. The molecule has 3 heterocycles. The van der Waals surface area contributed by atoms with Gasteiger partial charge in [-0.05, 0) is 38.9 Å². The molecule has 2 N–H and O–H groups in total. The molecule has 1 fully saturated rings. The smallest absolute Gasteiger partial charge is 0.116 e. The first-order chi connectivity index (χ1) is 11.8. The molecule has 5 nitrogen and oxygen atoms in total. The quantitative estimate of drug-likeness (QED) is 0.777. The van der Waals surface area contributed by atoms with Gasteiger partial charge in [0.1, 0.15) is 12.0 Å². The highest BCUT2D eigenvalue weighted by atomic mass is 15.1. The third-order valence-electron chi connectivity index (χ3n) is 4.70. The summed E-state index contributed by atoms with van der Waals surface area (Å²) in [7, 11) is 0. The van der Waals surface area contributed by atoms with Crippen LogP contribution in [0.15, 0.2) is 42.9 Å². The summed E-state index contributed by atoms with van der Waals surface area (Å²) >= 11 is 0. The van der Waals surface area contributed by atoms with Crippen LogP contribution in [0.3, 0.4) is 0 Å². The number of piperidine rings is 1. The molecule has 0 spiro atoms. The molecule has 3 aromatic rings. The molecule has 0 atom stereocenters. The van der Waals surface area contributed by atoms with Crippen LogP contribution in [-0.4, -0.2) is 33.3 Å². The maximum atomic E-state index is 4.66. The van der Waals surface area contributed by atoms with Gasteiger partial charge in [-0.25, -0.2) is 9.97 Å². The SMILES string of the molecule is Cc1ccc(-c2n[nH]c(C3CCNCC3)c2-c2ccncn2)cc1. The molecule has 122 valence electrons. The molecule has 4 rings (SSSR count). The van der Waals surface area contributed by atoms with Gasteiger partial charge in [-0.2, -0.15) is 5.10 Å². The van der Waals surface area contributed by atoms with E-state index in [0.717, 1.165) is 48.4 Å². The van der Waals surface area contributed by atoms with Crippen molar-refractivity contribution in [3.05, 3.63) is 54.1 Å². The molecule has 1 aliphatic heterocycles. The first-order valence-electron chi connectivity index (χ1n) is 8.45. The van der Waals surface area contributed by atoms with Crippen molar-refractivity contribution in [3.8, 4) is 22.5 Å². The maximum absolute atomic E-state index is 4.66. The van der Waals surface area contributed by atoms with Crippen molar-refractivity contribution >= 4 is 0 Å². The summed E-state index contributed by atoms with van der Waals surface area (Å²) in [4.78, 5) is 8.55. The monoisotopic (exact) mass is 319 g/mol. The Bertz CT molecular complexity index is 802. The van der Waals surface area contributed by atoms with Crippen molar-refractivity contribution in [2.45, 2.75) is 25.7 Å². The van der Waals surface area contributed by atoms with E-state index in [1.165, 1.54) is 11.3 Å². The summed E-state index contributed by atoms with van der Waals surface area (Å²) in [6, 6.07) is 10.5. The van der Waals surface area contributed by atoms with Gasteiger partial charge in [-0.1, -0.05) is 29.8 Å². The lowest BCUT2D eigenvalue weighted by Crippen LogP contribution is -2.27. The number of benzene rings is 1. The Labute approximate surface area is 141 Å². The summed E-state index contributed by atoms with van der Waals surface area (Å²) in [5.41, 5.74) is 6.59. The lowest BCUT2D eigenvalue weighted by molar-refractivity contribution is 0.453. The average molecular weight is 319 g/mol. The largest absolute Gasteiger partial charge is 0.317 e. The third-order valence-corrected chi connectivity index (χ3v) is 4.70. The number of hydrogen-bond donors (Lipinski definition) is 2. The first-order valence-corrected chi connectivity index (χ1v) is 8.45. The molecule has 1 aromatic carbocycles. The van der Waals surface area contributed by atoms with Crippen molar-refractivity contribution in [2.24, 2.45) is 0 Å². The fraction of sp³-hybridized carbons (Fsp3) is 0.316. The molecule has 0 bridgehead atoms. The summed E-state index contributed by atoms with van der Waals surface area (Å²) in [6.45, 7) is 4.19. The van der Waals surface area contributed by atoms with Gasteiger partial charge in [-0.3, -0.25) is 5.10 Å². The fourth-order valence-corrected chi connectivity index (χ4v) is 3.38. The standard InChI is InChI=1S/C19H21N5/c1-13-2-4-14(5-3-13)18-17(16-8-11-21-12-22-16)19(24-23-18)15-6-9-20-10-7-15/h2-5,8,11-12,15,20H,6-7,9-10H2,1H3,(H,23,24). The van der Waals surface area contributed by atoms with Crippen LogP contribution in [0.1, 0.15) is 30.0 Å². The first kappa shape index (κ1) is 15.0. The summed E-state index contributed by atoms with van der Waals surface area (Å²) in [6.07, 6.45) is 5.63. The van der Waals surface area contributed by atoms with Crippen LogP contribution in [0.2, 0.25) is 0 Å². The number of aromatic amines is 1. The molecule has 2 aromatic heterocycles. The lowest BCUT2D eigenvalue weighted by Gasteiger charge is -2.22. The number of rotatable bonds is 3. The normalized spacial score (nSPS) is 15.5. The molecule has 0 unspecified atom stereocenters. The Morgan fingerprint density at radius 1 is 1.04 bits per heavy atom. The van der Waals surface area contributed by atoms with Gasteiger partial charge in [0.25, 0.3) is 0 Å². The van der Waals surface area contributed by atoms with E-state index in [-0.39, 0.29) is 0 Å². The summed E-state index contributed by atoms with van der Waals surface area (Å²) < 4.78 is 0. The minimum absolute atomic E-state index is 0.489. The number of H-pyrrole nitrogens is 1. The maximum Gasteiger partial charge on any atom is 0.116 e. The van der Waals surface area contributed by atoms with Crippen LogP contribution in [-0.2, 0) is 0 Å². The number of nitrogens with one attached hydrogen (secondary N) is 2. The summed E-state index contributed by atoms with van der Waals surface area (Å²) in [5.74, 6) is 0.489. The van der Waals surface area contributed by atoms with E-state index in [1.807, 2.05) is 6.07 Å². The Morgan fingerprint density at radius 3 is 2.54 bits per heavy atom. The van der Waals surface area contributed by atoms with E-state index in [9.17, 15) is 0 Å². The van der Waals surface area contributed by atoms with Crippen LogP contribution in [0.25, 0.3) is 22.5 Å². The molecular weight excluding hydrogens is 298 g/mol. The second-order valence-corrected chi connectivity index (χ2v) is 6.35. The Kier molecular flexibility index (Phi) is 4.09. The van der Waals surface area contributed by atoms with Crippen molar-refractivity contribution in [1.82, 2.24) is 25.5 Å². The second-order valence-electron chi connectivity index (χ2n) is 6.35. The molecule has 1 saturated heterocycles. The van der Waals surface area contributed by atoms with Crippen molar-refractivity contribution in [2.75, 3.05) is 13.1 Å². The van der Waals surface area contributed by atoms with Gasteiger partial charge in [0, 0.05) is 28.9 Å². The van der Waals surface area contributed by atoms with E-state index < -0.39 is 0 Å². The molecule has 5 heteroatoms. The molecular formula is C19H21N5. The minimum atomic E-state index is 0.489. The van der Waals surface area contributed by atoms with Crippen molar-refractivity contribution in [1.29, 1.82) is 0 Å². The lowest BCUT2D eigenvalue weighted by atomic mass is 9.89. The predicted octanol–water partition coefficient (Wildman–Crippen LogP) is 3.31. The highest BCUT2D eigenvalue weighted by molar-refractivity contribution is 5.81. The molecule has 0 radical (unpaired) electrons. The molecule has 0 aliphatic carbocycles. The highest BCUT2D eigenvalue weighted by Crippen LogP contribution is 2.38.